The van der Waals surface area contributed by atoms with Crippen molar-refractivity contribution in [2.75, 3.05) is 13.1 Å². The number of amides is 1. The predicted molar refractivity (Wildman–Crippen MR) is 115 cm³/mol. The minimum Gasteiger partial charge on any atom is -0.348 e. The van der Waals surface area contributed by atoms with Gasteiger partial charge in [0.2, 0.25) is 10.0 Å². The number of benzene rings is 3. The molecule has 1 aliphatic heterocycles. The molecule has 29 heavy (non-hydrogen) atoms. The Kier molecular flexibility index (Phi) is 5.65. The minimum atomic E-state index is -3.28. The zero-order valence-corrected chi connectivity index (χ0v) is 17.0. The lowest BCUT2D eigenvalue weighted by molar-refractivity contribution is 0.0951. The molecule has 0 atom stereocenters. The Morgan fingerprint density at radius 1 is 0.897 bits per heavy atom. The maximum absolute atomic E-state index is 12.5. The van der Waals surface area contributed by atoms with Crippen LogP contribution in [0, 0.1) is 0 Å². The van der Waals surface area contributed by atoms with Gasteiger partial charge in [0.1, 0.15) is 0 Å². The SMILES string of the molecule is O=C(NCc1cccc2ccccc12)c1ccc(CS(=O)(=O)N2CCCC2)cc1. The number of sulfonamides is 1. The second kappa shape index (κ2) is 8.35. The molecule has 1 fully saturated rings. The molecule has 3 aromatic carbocycles. The normalized spacial score (nSPS) is 14.9. The van der Waals surface area contributed by atoms with Crippen molar-refractivity contribution in [2.45, 2.75) is 25.1 Å². The van der Waals surface area contributed by atoms with Gasteiger partial charge in [0.05, 0.1) is 5.75 Å². The molecule has 1 saturated heterocycles. The molecule has 1 N–H and O–H groups in total. The molecule has 0 aromatic heterocycles. The van der Waals surface area contributed by atoms with E-state index in [0.717, 1.165) is 29.2 Å². The largest absolute Gasteiger partial charge is 0.348 e. The zero-order valence-electron chi connectivity index (χ0n) is 16.2. The van der Waals surface area contributed by atoms with E-state index in [1.165, 1.54) is 0 Å². The molecule has 0 bridgehead atoms. The van der Waals surface area contributed by atoms with Crippen molar-refractivity contribution in [2.24, 2.45) is 0 Å². The van der Waals surface area contributed by atoms with E-state index in [1.807, 2.05) is 30.3 Å². The highest BCUT2D eigenvalue weighted by Gasteiger charge is 2.25. The number of nitrogens with zero attached hydrogens (tertiary/aromatic N) is 1. The summed E-state index contributed by atoms with van der Waals surface area (Å²) in [6.07, 6.45) is 1.85. The van der Waals surface area contributed by atoms with Gasteiger partial charge in [-0.05, 0) is 46.9 Å². The van der Waals surface area contributed by atoms with Crippen molar-refractivity contribution in [1.29, 1.82) is 0 Å². The third-order valence-corrected chi connectivity index (χ3v) is 7.19. The fourth-order valence-corrected chi connectivity index (χ4v) is 5.36. The Labute approximate surface area is 171 Å². The second-order valence-electron chi connectivity index (χ2n) is 7.38. The Bertz CT molecular complexity index is 1110. The summed E-state index contributed by atoms with van der Waals surface area (Å²) in [5.74, 6) is -0.197. The molecule has 5 nitrogen and oxygen atoms in total. The van der Waals surface area contributed by atoms with Crippen LogP contribution in [0.4, 0.5) is 0 Å². The second-order valence-corrected chi connectivity index (χ2v) is 9.35. The van der Waals surface area contributed by atoms with Crippen molar-refractivity contribution < 1.29 is 13.2 Å². The first-order valence-electron chi connectivity index (χ1n) is 9.84. The van der Waals surface area contributed by atoms with E-state index in [4.69, 9.17) is 0 Å². The van der Waals surface area contributed by atoms with Gasteiger partial charge in [-0.1, -0.05) is 54.6 Å². The monoisotopic (exact) mass is 408 g/mol. The minimum absolute atomic E-state index is 0.0229. The summed E-state index contributed by atoms with van der Waals surface area (Å²) in [6, 6.07) is 21.0. The number of carbonyl (C=O) groups is 1. The maximum Gasteiger partial charge on any atom is 0.251 e. The first kappa shape index (κ1) is 19.6. The molecule has 0 radical (unpaired) electrons. The van der Waals surface area contributed by atoms with Crippen LogP contribution in [0.15, 0.2) is 66.7 Å². The van der Waals surface area contributed by atoms with Crippen LogP contribution in [0.25, 0.3) is 10.8 Å². The molecule has 0 aliphatic carbocycles. The lowest BCUT2D eigenvalue weighted by atomic mass is 10.0. The summed E-state index contributed by atoms with van der Waals surface area (Å²) in [5.41, 5.74) is 2.28. The number of rotatable bonds is 6. The molecule has 0 spiro atoms. The third kappa shape index (κ3) is 4.49. The molecule has 1 amide bonds. The zero-order chi connectivity index (χ0) is 20.3. The quantitative estimate of drug-likeness (QED) is 0.676. The smallest absolute Gasteiger partial charge is 0.251 e. The van der Waals surface area contributed by atoms with Gasteiger partial charge in [0.15, 0.2) is 0 Å². The molecule has 4 rings (SSSR count). The van der Waals surface area contributed by atoms with E-state index in [1.54, 1.807) is 28.6 Å². The van der Waals surface area contributed by atoms with Gasteiger partial charge in [-0.2, -0.15) is 0 Å². The first-order valence-corrected chi connectivity index (χ1v) is 11.5. The van der Waals surface area contributed by atoms with Crippen molar-refractivity contribution in [3.8, 4) is 0 Å². The highest BCUT2D eigenvalue weighted by atomic mass is 32.2. The number of hydrogen-bond acceptors (Lipinski definition) is 3. The van der Waals surface area contributed by atoms with Crippen LogP contribution in [-0.2, 0) is 22.3 Å². The van der Waals surface area contributed by atoms with Gasteiger partial charge in [-0.15, -0.1) is 0 Å². The topological polar surface area (TPSA) is 66.5 Å². The summed E-state index contributed by atoms with van der Waals surface area (Å²) in [7, 11) is -3.28. The van der Waals surface area contributed by atoms with E-state index >= 15 is 0 Å². The predicted octanol–water partition coefficient (Wildman–Crippen LogP) is 3.70. The highest BCUT2D eigenvalue weighted by Crippen LogP contribution is 2.19. The van der Waals surface area contributed by atoms with Gasteiger partial charge in [0.25, 0.3) is 5.91 Å². The van der Waals surface area contributed by atoms with E-state index in [9.17, 15) is 13.2 Å². The van der Waals surface area contributed by atoms with E-state index in [0.29, 0.717) is 30.8 Å². The fourth-order valence-electron chi connectivity index (χ4n) is 3.74. The number of carbonyl (C=O) groups excluding carboxylic acids is 1. The lowest BCUT2D eigenvalue weighted by Gasteiger charge is -2.15. The van der Waals surface area contributed by atoms with Crippen LogP contribution >= 0.6 is 0 Å². The average molecular weight is 409 g/mol. The van der Waals surface area contributed by atoms with E-state index in [-0.39, 0.29) is 11.7 Å². The summed E-state index contributed by atoms with van der Waals surface area (Å²) in [5, 5.41) is 5.22. The summed E-state index contributed by atoms with van der Waals surface area (Å²) in [4.78, 5) is 12.5. The van der Waals surface area contributed by atoms with Crippen LogP contribution in [-0.4, -0.2) is 31.7 Å². The number of nitrogens with one attached hydrogen (secondary N) is 1. The molecular formula is C23H24N2O3S. The molecule has 150 valence electrons. The molecule has 0 saturated carbocycles. The molecule has 3 aromatic rings. The Hall–Kier alpha value is -2.70. The van der Waals surface area contributed by atoms with Crippen molar-refractivity contribution in [3.05, 3.63) is 83.4 Å². The van der Waals surface area contributed by atoms with Crippen molar-refractivity contribution >= 4 is 26.7 Å². The van der Waals surface area contributed by atoms with Crippen LogP contribution in [0.3, 0.4) is 0 Å². The van der Waals surface area contributed by atoms with Gasteiger partial charge in [0, 0.05) is 25.2 Å². The van der Waals surface area contributed by atoms with E-state index < -0.39 is 10.0 Å². The first-order chi connectivity index (χ1) is 14.0. The van der Waals surface area contributed by atoms with Crippen LogP contribution in [0.5, 0.6) is 0 Å². The van der Waals surface area contributed by atoms with Crippen LogP contribution in [0.1, 0.15) is 34.3 Å². The molecule has 0 unspecified atom stereocenters. The summed E-state index contributed by atoms with van der Waals surface area (Å²) in [6.45, 7) is 1.65. The van der Waals surface area contributed by atoms with Gasteiger partial charge >= 0.3 is 0 Å². The standard InChI is InChI=1S/C23H24N2O3S/c26-23(24-16-21-8-5-7-19-6-1-2-9-22(19)21)20-12-10-18(11-13-20)17-29(27,28)25-14-3-4-15-25/h1-2,5-13H,3-4,14-17H2,(H,24,26). The Morgan fingerprint density at radius 2 is 1.59 bits per heavy atom. The lowest BCUT2D eigenvalue weighted by Crippen LogP contribution is -2.29. The van der Waals surface area contributed by atoms with E-state index in [2.05, 4.69) is 17.4 Å². The van der Waals surface area contributed by atoms with Crippen molar-refractivity contribution in [3.63, 3.8) is 0 Å². The van der Waals surface area contributed by atoms with Gasteiger partial charge in [-0.25, -0.2) is 12.7 Å². The molecule has 1 heterocycles. The summed E-state index contributed by atoms with van der Waals surface area (Å²) < 4.78 is 26.4. The number of fused-ring (bicyclic) bond motifs is 1. The average Bonchev–Trinajstić information content (AvgIpc) is 3.28. The third-order valence-electron chi connectivity index (χ3n) is 5.34. The Balaban J connectivity index is 1.40. The summed E-state index contributed by atoms with van der Waals surface area (Å²) >= 11 is 0. The van der Waals surface area contributed by atoms with Gasteiger partial charge < -0.3 is 5.32 Å². The van der Waals surface area contributed by atoms with Crippen LogP contribution < -0.4 is 5.32 Å². The van der Waals surface area contributed by atoms with Crippen molar-refractivity contribution in [1.82, 2.24) is 9.62 Å². The van der Waals surface area contributed by atoms with Crippen LogP contribution in [0.2, 0.25) is 0 Å². The van der Waals surface area contributed by atoms with Gasteiger partial charge in [-0.3, -0.25) is 4.79 Å². The molecular weight excluding hydrogens is 384 g/mol. The molecule has 1 aliphatic rings. The maximum atomic E-state index is 12.5. The highest BCUT2D eigenvalue weighted by molar-refractivity contribution is 7.88. The number of hydrogen-bond donors (Lipinski definition) is 1. The fraction of sp³-hybridized carbons (Fsp3) is 0.261. The molecule has 6 heteroatoms. The Morgan fingerprint density at radius 3 is 2.34 bits per heavy atom.